The highest BCUT2D eigenvalue weighted by Crippen LogP contribution is 2.30. The number of aryl methyl sites for hydroxylation is 2. The van der Waals surface area contributed by atoms with Crippen LogP contribution in [-0.4, -0.2) is 22.5 Å². The Morgan fingerprint density at radius 3 is 2.43 bits per heavy atom. The zero-order valence-corrected chi connectivity index (χ0v) is 17.3. The van der Waals surface area contributed by atoms with Crippen molar-refractivity contribution in [3.05, 3.63) is 58.7 Å². The van der Waals surface area contributed by atoms with Crippen LogP contribution in [0.3, 0.4) is 0 Å². The van der Waals surface area contributed by atoms with Crippen molar-refractivity contribution in [3.8, 4) is 11.5 Å². The van der Waals surface area contributed by atoms with Crippen LogP contribution in [0.15, 0.2) is 36.4 Å². The lowest BCUT2D eigenvalue weighted by atomic mass is 9.92. The van der Waals surface area contributed by atoms with Crippen molar-refractivity contribution in [1.82, 2.24) is 5.32 Å². The number of hydrogen-bond acceptors (Lipinski definition) is 4. The average Bonchev–Trinajstić information content (AvgIpc) is 2.70. The van der Waals surface area contributed by atoms with E-state index < -0.39 is 0 Å². The first-order valence-corrected chi connectivity index (χ1v) is 10.3. The van der Waals surface area contributed by atoms with Gasteiger partial charge in [0.05, 0.1) is 0 Å². The number of hydrogen-bond donors (Lipinski definition) is 3. The minimum atomic E-state index is -0.229. The molecule has 0 radical (unpaired) electrons. The number of nitrogens with one attached hydrogen (secondary N) is 1. The van der Waals surface area contributed by atoms with Gasteiger partial charge in [0.25, 0.3) is 0 Å². The maximum atomic E-state index is 12.7. The summed E-state index contributed by atoms with van der Waals surface area (Å²) in [5, 5.41) is 22.9. The average molecular weight is 384 g/mol. The summed E-state index contributed by atoms with van der Waals surface area (Å²) in [7, 11) is 0. The standard InChI is InChI=1S/C24H33NO3/c1-4-18(12-13-25-16-20-9-7-6-8-17(20)3)10-11-22(26)21-15-24(28)23(27)14-19(21)5-2/h6-9,14-15,18,25,27-28H,4-5,10-13,16H2,1-3H3. The van der Waals surface area contributed by atoms with Gasteiger partial charge in [0, 0.05) is 18.5 Å². The van der Waals surface area contributed by atoms with E-state index in [9.17, 15) is 15.0 Å². The molecule has 0 saturated heterocycles. The molecule has 0 aromatic heterocycles. The lowest BCUT2D eigenvalue weighted by molar-refractivity contribution is 0.0971. The first-order valence-electron chi connectivity index (χ1n) is 10.3. The van der Waals surface area contributed by atoms with E-state index in [4.69, 9.17) is 0 Å². The molecular formula is C24H33NO3. The number of Topliss-reactive ketones (excluding diaryl/α,β-unsaturated/α-hetero) is 1. The Balaban J connectivity index is 1.82. The molecule has 152 valence electrons. The molecule has 0 bridgehead atoms. The van der Waals surface area contributed by atoms with Gasteiger partial charge in [-0.05, 0) is 67.5 Å². The fourth-order valence-corrected chi connectivity index (χ4v) is 3.53. The molecule has 0 fully saturated rings. The Morgan fingerprint density at radius 2 is 1.75 bits per heavy atom. The Hall–Kier alpha value is -2.33. The third-order valence-corrected chi connectivity index (χ3v) is 5.54. The van der Waals surface area contributed by atoms with Gasteiger partial charge in [-0.1, -0.05) is 44.5 Å². The molecule has 3 N–H and O–H groups in total. The van der Waals surface area contributed by atoms with Gasteiger partial charge in [-0.2, -0.15) is 0 Å². The number of rotatable bonds is 11. The molecule has 4 nitrogen and oxygen atoms in total. The summed E-state index contributed by atoms with van der Waals surface area (Å²) >= 11 is 0. The molecule has 0 aliphatic carbocycles. The highest BCUT2D eigenvalue weighted by atomic mass is 16.3. The normalized spacial score (nSPS) is 12.1. The number of ketones is 1. The zero-order valence-electron chi connectivity index (χ0n) is 17.3. The summed E-state index contributed by atoms with van der Waals surface area (Å²) in [5.74, 6) is 0.134. The second-order valence-electron chi connectivity index (χ2n) is 7.48. The van der Waals surface area contributed by atoms with Crippen LogP contribution < -0.4 is 5.32 Å². The summed E-state index contributed by atoms with van der Waals surface area (Å²) in [5.41, 5.74) is 3.94. The third-order valence-electron chi connectivity index (χ3n) is 5.54. The molecular weight excluding hydrogens is 350 g/mol. The molecule has 0 saturated carbocycles. The molecule has 1 unspecified atom stereocenters. The molecule has 0 spiro atoms. The number of aromatic hydroxyl groups is 2. The Kier molecular flexibility index (Phi) is 8.52. The Labute approximate surface area is 168 Å². The first kappa shape index (κ1) is 22.0. The van der Waals surface area contributed by atoms with Gasteiger partial charge in [0.15, 0.2) is 17.3 Å². The largest absolute Gasteiger partial charge is 0.504 e. The van der Waals surface area contributed by atoms with Crippen molar-refractivity contribution in [2.45, 2.75) is 59.4 Å². The lowest BCUT2D eigenvalue weighted by Gasteiger charge is -2.16. The van der Waals surface area contributed by atoms with Gasteiger partial charge in [-0.15, -0.1) is 0 Å². The fraction of sp³-hybridized carbons (Fsp3) is 0.458. The van der Waals surface area contributed by atoms with Crippen LogP contribution in [-0.2, 0) is 13.0 Å². The molecule has 28 heavy (non-hydrogen) atoms. The number of phenols is 2. The highest BCUT2D eigenvalue weighted by Gasteiger charge is 2.16. The van der Waals surface area contributed by atoms with Crippen molar-refractivity contribution in [3.63, 3.8) is 0 Å². The fourth-order valence-electron chi connectivity index (χ4n) is 3.53. The minimum Gasteiger partial charge on any atom is -0.504 e. The van der Waals surface area contributed by atoms with Gasteiger partial charge < -0.3 is 15.5 Å². The lowest BCUT2D eigenvalue weighted by Crippen LogP contribution is -2.18. The van der Waals surface area contributed by atoms with E-state index >= 15 is 0 Å². The molecule has 4 heteroatoms. The molecule has 2 aromatic carbocycles. The molecule has 0 aliphatic rings. The van der Waals surface area contributed by atoms with Crippen LogP contribution in [0, 0.1) is 12.8 Å². The number of carbonyl (C=O) groups is 1. The van der Waals surface area contributed by atoms with E-state index in [0.717, 1.165) is 37.9 Å². The van der Waals surface area contributed by atoms with Crippen LogP contribution in [0.5, 0.6) is 11.5 Å². The predicted octanol–water partition coefficient (Wildman–Crippen LogP) is 5.14. The monoisotopic (exact) mass is 383 g/mol. The van der Waals surface area contributed by atoms with E-state index in [2.05, 4.69) is 43.4 Å². The smallest absolute Gasteiger partial charge is 0.163 e. The number of carbonyl (C=O) groups excluding carboxylic acids is 1. The molecule has 0 heterocycles. The molecule has 0 aliphatic heterocycles. The Bertz CT molecular complexity index is 785. The van der Waals surface area contributed by atoms with E-state index in [-0.39, 0.29) is 17.3 Å². The molecule has 2 rings (SSSR count). The van der Waals surface area contributed by atoms with E-state index in [1.54, 1.807) is 0 Å². The van der Waals surface area contributed by atoms with Crippen molar-refractivity contribution < 1.29 is 15.0 Å². The number of benzene rings is 2. The summed E-state index contributed by atoms with van der Waals surface area (Å²) in [6.45, 7) is 8.04. The summed E-state index contributed by atoms with van der Waals surface area (Å²) < 4.78 is 0. The van der Waals surface area contributed by atoms with E-state index in [1.807, 2.05) is 6.92 Å². The maximum absolute atomic E-state index is 12.7. The topological polar surface area (TPSA) is 69.6 Å². The second-order valence-corrected chi connectivity index (χ2v) is 7.48. The molecule has 0 amide bonds. The van der Waals surface area contributed by atoms with Gasteiger partial charge in [-0.3, -0.25) is 4.79 Å². The van der Waals surface area contributed by atoms with Crippen molar-refractivity contribution in [1.29, 1.82) is 0 Å². The van der Waals surface area contributed by atoms with Crippen LogP contribution in [0.4, 0.5) is 0 Å². The van der Waals surface area contributed by atoms with E-state index in [0.29, 0.717) is 24.3 Å². The van der Waals surface area contributed by atoms with Gasteiger partial charge in [0.2, 0.25) is 0 Å². The predicted molar refractivity (Wildman–Crippen MR) is 114 cm³/mol. The third kappa shape index (κ3) is 6.10. The SMILES string of the molecule is CCc1cc(O)c(O)cc1C(=O)CCC(CC)CCNCc1ccccc1C. The second kappa shape index (κ2) is 10.9. The maximum Gasteiger partial charge on any atom is 0.163 e. The molecule has 2 aromatic rings. The van der Waals surface area contributed by atoms with Crippen LogP contribution in [0.25, 0.3) is 0 Å². The van der Waals surface area contributed by atoms with Gasteiger partial charge >= 0.3 is 0 Å². The van der Waals surface area contributed by atoms with Crippen molar-refractivity contribution in [2.75, 3.05) is 6.54 Å². The zero-order chi connectivity index (χ0) is 20.5. The minimum absolute atomic E-state index is 0.0402. The highest BCUT2D eigenvalue weighted by molar-refractivity contribution is 5.98. The van der Waals surface area contributed by atoms with Gasteiger partial charge in [-0.25, -0.2) is 0 Å². The summed E-state index contributed by atoms with van der Waals surface area (Å²) in [4.78, 5) is 12.7. The van der Waals surface area contributed by atoms with Crippen molar-refractivity contribution >= 4 is 5.78 Å². The van der Waals surface area contributed by atoms with Crippen molar-refractivity contribution in [2.24, 2.45) is 5.92 Å². The van der Waals surface area contributed by atoms with E-state index in [1.165, 1.54) is 23.3 Å². The van der Waals surface area contributed by atoms with Crippen LogP contribution >= 0.6 is 0 Å². The first-order chi connectivity index (χ1) is 13.5. The molecule has 1 atom stereocenters. The van der Waals surface area contributed by atoms with Crippen LogP contribution in [0.1, 0.15) is 66.6 Å². The summed E-state index contributed by atoms with van der Waals surface area (Å²) in [6, 6.07) is 11.3. The van der Waals surface area contributed by atoms with Gasteiger partial charge in [0.1, 0.15) is 0 Å². The number of phenolic OH excluding ortho intramolecular Hbond substituents is 2. The van der Waals surface area contributed by atoms with Crippen LogP contribution in [0.2, 0.25) is 0 Å². The Morgan fingerprint density at radius 1 is 1.04 bits per heavy atom. The quantitative estimate of drug-likeness (QED) is 0.285. The summed E-state index contributed by atoms with van der Waals surface area (Å²) in [6.07, 6.45) is 4.03.